The highest BCUT2D eigenvalue weighted by molar-refractivity contribution is 6.38. The fourth-order valence-corrected chi connectivity index (χ4v) is 5.66. The number of amides is 3. The summed E-state index contributed by atoms with van der Waals surface area (Å²) in [5.41, 5.74) is 0.339. The Morgan fingerprint density at radius 2 is 1.77 bits per heavy atom. The zero-order valence-electron chi connectivity index (χ0n) is 16.3. The first-order valence-corrected chi connectivity index (χ1v) is 10.5. The minimum atomic E-state index is -1.30. The average molecular weight is 444 g/mol. The summed E-state index contributed by atoms with van der Waals surface area (Å²) >= 11 is 12.3. The molecule has 2 N–H and O–H groups in total. The van der Waals surface area contributed by atoms with Crippen LogP contribution in [0.5, 0.6) is 0 Å². The molecule has 3 aliphatic heterocycles. The van der Waals surface area contributed by atoms with E-state index in [0.717, 1.165) is 4.90 Å². The fraction of sp³-hybridized carbons (Fsp3) is 0.318. The third kappa shape index (κ3) is 2.38. The molecule has 3 heterocycles. The minimum Gasteiger partial charge on any atom is -0.324 e. The number of hydrogen-bond acceptors (Lipinski definition) is 4. The Morgan fingerprint density at radius 1 is 1.03 bits per heavy atom. The van der Waals surface area contributed by atoms with Gasteiger partial charge < -0.3 is 5.32 Å². The molecule has 8 heteroatoms. The molecule has 0 bridgehead atoms. The van der Waals surface area contributed by atoms with E-state index in [-0.39, 0.29) is 34.5 Å². The van der Waals surface area contributed by atoms with Crippen molar-refractivity contribution in [2.24, 2.45) is 17.8 Å². The van der Waals surface area contributed by atoms with Crippen molar-refractivity contribution in [3.63, 3.8) is 0 Å². The van der Waals surface area contributed by atoms with Gasteiger partial charge in [-0.1, -0.05) is 55.2 Å². The molecule has 0 aliphatic carbocycles. The molecule has 4 atom stereocenters. The first kappa shape index (κ1) is 19.5. The zero-order chi connectivity index (χ0) is 21.4. The summed E-state index contributed by atoms with van der Waals surface area (Å²) in [7, 11) is 0. The van der Waals surface area contributed by atoms with Crippen molar-refractivity contribution in [3.05, 3.63) is 58.1 Å². The summed E-state index contributed by atoms with van der Waals surface area (Å²) in [4.78, 5) is 41.7. The van der Waals surface area contributed by atoms with Gasteiger partial charge in [0.05, 0.1) is 22.5 Å². The number of fused-ring (bicyclic) bond motifs is 4. The summed E-state index contributed by atoms with van der Waals surface area (Å²) in [5.74, 6) is -2.62. The molecule has 2 aromatic carbocycles. The molecule has 0 radical (unpaired) electrons. The van der Waals surface area contributed by atoms with Gasteiger partial charge >= 0.3 is 0 Å². The van der Waals surface area contributed by atoms with Gasteiger partial charge in [0.15, 0.2) is 0 Å². The number of carbonyl (C=O) groups is 3. The monoisotopic (exact) mass is 443 g/mol. The van der Waals surface area contributed by atoms with Crippen molar-refractivity contribution in [1.82, 2.24) is 5.32 Å². The summed E-state index contributed by atoms with van der Waals surface area (Å²) < 4.78 is 0. The van der Waals surface area contributed by atoms with Gasteiger partial charge in [0.1, 0.15) is 5.54 Å². The number of para-hydroxylation sites is 1. The molecule has 0 aromatic heterocycles. The van der Waals surface area contributed by atoms with Gasteiger partial charge in [-0.3, -0.25) is 19.7 Å². The molecule has 3 aliphatic rings. The third-order valence-corrected chi connectivity index (χ3v) is 6.96. The molecule has 2 saturated heterocycles. The van der Waals surface area contributed by atoms with Gasteiger partial charge in [0, 0.05) is 22.3 Å². The molecule has 6 nitrogen and oxygen atoms in total. The summed E-state index contributed by atoms with van der Waals surface area (Å²) in [6, 6.07) is 11.6. The first-order chi connectivity index (χ1) is 14.3. The second-order valence-electron chi connectivity index (χ2n) is 8.33. The normalized spacial score (nSPS) is 29.7. The molecule has 154 valence electrons. The van der Waals surface area contributed by atoms with Crippen molar-refractivity contribution in [2.75, 3.05) is 10.2 Å². The predicted octanol–water partition coefficient (Wildman–Crippen LogP) is 3.57. The SMILES string of the molecule is CC(C)C1NC2(C(=O)Nc3ccccc32)C2C(=O)N(c3ccc(Cl)cc3Cl)C(=O)C12. The molecule has 1 spiro atoms. The van der Waals surface area contributed by atoms with Crippen LogP contribution in [0.3, 0.4) is 0 Å². The van der Waals surface area contributed by atoms with Gasteiger partial charge in [-0.2, -0.15) is 0 Å². The van der Waals surface area contributed by atoms with Crippen molar-refractivity contribution in [2.45, 2.75) is 25.4 Å². The smallest absolute Gasteiger partial charge is 0.250 e. The van der Waals surface area contributed by atoms with Gasteiger partial charge in [-0.05, 0) is 30.2 Å². The van der Waals surface area contributed by atoms with Crippen LogP contribution in [0.15, 0.2) is 42.5 Å². The number of anilines is 2. The lowest BCUT2D eigenvalue weighted by Crippen LogP contribution is -2.54. The first-order valence-electron chi connectivity index (χ1n) is 9.79. The van der Waals surface area contributed by atoms with Crippen LogP contribution in [0.4, 0.5) is 11.4 Å². The lowest BCUT2D eigenvalue weighted by molar-refractivity contribution is -0.130. The van der Waals surface area contributed by atoms with Gasteiger partial charge in [0.25, 0.3) is 0 Å². The molecule has 5 rings (SSSR count). The van der Waals surface area contributed by atoms with E-state index < -0.39 is 23.3 Å². The lowest BCUT2D eigenvalue weighted by Gasteiger charge is -2.30. The summed E-state index contributed by atoms with van der Waals surface area (Å²) in [5, 5.41) is 6.90. The maximum absolute atomic E-state index is 13.7. The van der Waals surface area contributed by atoms with Gasteiger partial charge in [-0.15, -0.1) is 0 Å². The predicted molar refractivity (Wildman–Crippen MR) is 114 cm³/mol. The molecular formula is C22H19Cl2N3O3. The number of imide groups is 1. The van der Waals surface area contributed by atoms with Crippen molar-refractivity contribution >= 4 is 52.3 Å². The van der Waals surface area contributed by atoms with Crippen LogP contribution in [-0.2, 0) is 19.9 Å². The van der Waals surface area contributed by atoms with E-state index in [0.29, 0.717) is 16.3 Å². The number of hydrogen-bond donors (Lipinski definition) is 2. The van der Waals surface area contributed by atoms with Crippen molar-refractivity contribution < 1.29 is 14.4 Å². The Kier molecular flexibility index (Phi) is 4.26. The highest BCUT2D eigenvalue weighted by Gasteiger charge is 2.71. The van der Waals surface area contributed by atoms with E-state index in [1.54, 1.807) is 18.2 Å². The van der Waals surface area contributed by atoms with E-state index in [1.165, 1.54) is 6.07 Å². The van der Waals surface area contributed by atoms with Crippen LogP contribution in [0.1, 0.15) is 19.4 Å². The number of carbonyl (C=O) groups excluding carboxylic acids is 3. The standard InChI is InChI=1S/C22H19Cl2N3O3/c1-10(2)18-16-17(22(26-18)12-5-3-4-6-14(12)25-21(22)30)20(29)27(19(16)28)15-8-7-11(23)9-13(15)24/h3-10,16-18,26H,1-2H3,(H,25,30). The molecule has 3 amide bonds. The zero-order valence-corrected chi connectivity index (χ0v) is 17.8. The van der Waals surface area contributed by atoms with Crippen molar-refractivity contribution in [1.29, 1.82) is 0 Å². The maximum atomic E-state index is 13.7. The molecule has 0 saturated carbocycles. The number of nitrogens with zero attached hydrogens (tertiary/aromatic N) is 1. The Morgan fingerprint density at radius 3 is 2.47 bits per heavy atom. The van der Waals surface area contributed by atoms with E-state index in [9.17, 15) is 14.4 Å². The van der Waals surface area contributed by atoms with Crippen LogP contribution >= 0.6 is 23.2 Å². The molecular weight excluding hydrogens is 425 g/mol. The third-order valence-electron chi connectivity index (χ3n) is 6.43. The van der Waals surface area contributed by atoms with Gasteiger partial charge in [-0.25, -0.2) is 4.90 Å². The van der Waals surface area contributed by atoms with Crippen LogP contribution in [0, 0.1) is 17.8 Å². The second-order valence-corrected chi connectivity index (χ2v) is 9.18. The minimum absolute atomic E-state index is 0.0230. The second kappa shape index (κ2) is 6.54. The summed E-state index contributed by atoms with van der Waals surface area (Å²) in [6.07, 6.45) is 0. The molecule has 2 aromatic rings. The van der Waals surface area contributed by atoms with Crippen LogP contribution in [0.2, 0.25) is 10.0 Å². The van der Waals surface area contributed by atoms with Crippen LogP contribution in [-0.4, -0.2) is 23.8 Å². The van der Waals surface area contributed by atoms with E-state index in [1.807, 2.05) is 32.0 Å². The number of benzene rings is 2. The molecule has 4 unspecified atom stereocenters. The maximum Gasteiger partial charge on any atom is 0.250 e. The highest BCUT2D eigenvalue weighted by Crippen LogP contribution is 2.54. The highest BCUT2D eigenvalue weighted by atomic mass is 35.5. The molecule has 2 fully saturated rings. The molecule has 30 heavy (non-hydrogen) atoms. The van der Waals surface area contributed by atoms with Crippen LogP contribution < -0.4 is 15.5 Å². The lowest BCUT2D eigenvalue weighted by atomic mass is 9.76. The quantitative estimate of drug-likeness (QED) is 0.695. The van der Waals surface area contributed by atoms with E-state index in [4.69, 9.17) is 23.2 Å². The number of nitrogens with one attached hydrogen (secondary N) is 2. The largest absolute Gasteiger partial charge is 0.324 e. The van der Waals surface area contributed by atoms with Crippen LogP contribution in [0.25, 0.3) is 0 Å². The number of rotatable bonds is 2. The Bertz CT molecular complexity index is 1120. The van der Waals surface area contributed by atoms with Gasteiger partial charge in [0.2, 0.25) is 17.7 Å². The number of halogens is 2. The fourth-order valence-electron chi connectivity index (χ4n) is 5.16. The van der Waals surface area contributed by atoms with Crippen molar-refractivity contribution in [3.8, 4) is 0 Å². The van der Waals surface area contributed by atoms with E-state index in [2.05, 4.69) is 10.6 Å². The van der Waals surface area contributed by atoms with E-state index >= 15 is 0 Å². The average Bonchev–Trinajstić information content (AvgIpc) is 3.28. The Labute approximate surface area is 183 Å². The topological polar surface area (TPSA) is 78.5 Å². The Hall–Kier alpha value is -2.41. The summed E-state index contributed by atoms with van der Waals surface area (Å²) in [6.45, 7) is 3.95. The Balaban J connectivity index is 1.70.